The van der Waals surface area contributed by atoms with E-state index in [0.29, 0.717) is 22.6 Å². The lowest BCUT2D eigenvalue weighted by molar-refractivity contribution is -0.128. The molecule has 0 radical (unpaired) electrons. The van der Waals surface area contributed by atoms with Gasteiger partial charge in [-0.3, -0.25) is 14.9 Å². The molecule has 10 nitrogen and oxygen atoms in total. The summed E-state index contributed by atoms with van der Waals surface area (Å²) >= 11 is 1.30. The van der Waals surface area contributed by atoms with Crippen LogP contribution in [0.3, 0.4) is 0 Å². The van der Waals surface area contributed by atoms with Gasteiger partial charge in [0.2, 0.25) is 0 Å². The predicted molar refractivity (Wildman–Crippen MR) is 143 cm³/mol. The second-order valence-corrected chi connectivity index (χ2v) is 11.0. The number of amides is 2. The maximum atomic E-state index is 12.9. The Morgan fingerprint density at radius 2 is 1.95 bits per heavy atom. The number of nitrogens with zero attached hydrogens (tertiary/aromatic N) is 3. The molecule has 2 aliphatic rings. The number of aliphatic imine (C=N–C) groups is 1. The van der Waals surface area contributed by atoms with Crippen LogP contribution < -0.4 is 15.4 Å². The molecule has 2 aromatic heterocycles. The number of benzene rings is 1. The van der Waals surface area contributed by atoms with E-state index < -0.39 is 23.7 Å². The van der Waals surface area contributed by atoms with Gasteiger partial charge in [-0.2, -0.15) is 8.78 Å². The summed E-state index contributed by atoms with van der Waals surface area (Å²) < 4.78 is 41.4. The Hall–Kier alpha value is -3.97. The molecule has 13 heteroatoms. The molecule has 1 saturated heterocycles. The Morgan fingerprint density at radius 1 is 1.18 bits per heavy atom. The summed E-state index contributed by atoms with van der Waals surface area (Å²) in [6.45, 7) is 3.05. The SMILES string of the molecule is Cc1cc(OC(F)F)cnc1C(=O)Nc1csc([C@]23COC(C)(C)C[C@H]2COC(NC(=O)c2ccccc2)=N3)n1. The highest BCUT2D eigenvalue weighted by Gasteiger charge is 2.53. The highest BCUT2D eigenvalue weighted by Crippen LogP contribution is 2.47. The molecule has 4 heterocycles. The first-order chi connectivity index (χ1) is 19.0. The van der Waals surface area contributed by atoms with Crippen molar-refractivity contribution in [3.05, 3.63) is 69.8 Å². The van der Waals surface area contributed by atoms with Gasteiger partial charge in [0, 0.05) is 16.9 Å². The molecule has 0 spiro atoms. The third kappa shape index (κ3) is 5.80. The van der Waals surface area contributed by atoms with E-state index in [2.05, 4.69) is 25.3 Å². The number of carbonyl (C=O) groups excluding carboxylic acids is 2. The standard InChI is InChI=1S/C27H27F2N5O5S/c1-15-9-18(39-24(28)29)11-30-20(15)22(36)31-19-13-40-23(32-19)27-14-38-26(2,3)10-17(27)12-37-25(34-27)33-21(35)16-7-5-4-6-8-16/h4-9,11,13,17,24H,10,12,14H2,1-3H3,(H,31,36)(H,33,34,35)/t17-,27-/m0/s1. The van der Waals surface area contributed by atoms with Crippen LogP contribution >= 0.6 is 11.3 Å². The van der Waals surface area contributed by atoms with Crippen molar-refractivity contribution in [2.24, 2.45) is 10.9 Å². The molecule has 1 aromatic carbocycles. The van der Waals surface area contributed by atoms with Crippen LogP contribution in [0.2, 0.25) is 0 Å². The van der Waals surface area contributed by atoms with Crippen molar-refractivity contribution in [1.29, 1.82) is 0 Å². The van der Waals surface area contributed by atoms with Crippen LogP contribution in [0.5, 0.6) is 5.75 Å². The zero-order valence-corrected chi connectivity index (χ0v) is 22.8. The highest BCUT2D eigenvalue weighted by molar-refractivity contribution is 7.10. The van der Waals surface area contributed by atoms with Crippen LogP contribution in [-0.4, -0.2) is 53.2 Å². The Bertz CT molecular complexity index is 1450. The van der Waals surface area contributed by atoms with Gasteiger partial charge in [0.25, 0.3) is 17.8 Å². The number of hydrogen-bond acceptors (Lipinski definition) is 9. The number of hydrogen-bond donors (Lipinski definition) is 2. The molecule has 5 rings (SSSR count). The third-order valence-corrected chi connectivity index (χ3v) is 7.69. The van der Waals surface area contributed by atoms with E-state index in [0.717, 1.165) is 6.20 Å². The number of halogens is 2. The molecular formula is C27H27F2N5O5S. The summed E-state index contributed by atoms with van der Waals surface area (Å²) in [7, 11) is 0. The summed E-state index contributed by atoms with van der Waals surface area (Å²) in [4.78, 5) is 39.1. The minimum absolute atomic E-state index is 0.0463. The highest BCUT2D eigenvalue weighted by atomic mass is 32.1. The number of anilines is 1. The van der Waals surface area contributed by atoms with Gasteiger partial charge in [-0.15, -0.1) is 11.3 Å². The lowest BCUT2D eigenvalue weighted by Gasteiger charge is -2.47. The van der Waals surface area contributed by atoms with Crippen molar-refractivity contribution in [2.75, 3.05) is 18.5 Å². The Morgan fingerprint density at radius 3 is 2.67 bits per heavy atom. The average Bonchev–Trinajstić information content (AvgIpc) is 3.37. The second kappa shape index (κ2) is 10.9. The quantitative estimate of drug-likeness (QED) is 0.446. The number of amidine groups is 1. The van der Waals surface area contributed by atoms with Crippen LogP contribution in [0.1, 0.15) is 51.7 Å². The molecule has 2 atom stereocenters. The van der Waals surface area contributed by atoms with Crippen LogP contribution in [0, 0.1) is 12.8 Å². The average molecular weight is 572 g/mol. The lowest BCUT2D eigenvalue weighted by Crippen LogP contribution is -2.55. The Kier molecular flexibility index (Phi) is 7.51. The third-order valence-electron chi connectivity index (χ3n) is 6.68. The largest absolute Gasteiger partial charge is 0.465 e. The summed E-state index contributed by atoms with van der Waals surface area (Å²) in [6.07, 6.45) is 1.70. The van der Waals surface area contributed by atoms with E-state index in [1.807, 2.05) is 19.9 Å². The molecule has 0 bridgehead atoms. The number of carbonyl (C=O) groups is 2. The van der Waals surface area contributed by atoms with Gasteiger partial charge < -0.3 is 19.5 Å². The number of ether oxygens (including phenoxy) is 3. The first-order valence-corrected chi connectivity index (χ1v) is 13.3. The number of rotatable bonds is 6. The maximum Gasteiger partial charge on any atom is 0.387 e. The maximum absolute atomic E-state index is 12.9. The number of aryl methyl sites for hydroxylation is 1. The molecule has 210 valence electrons. The number of thiazole rings is 1. The van der Waals surface area contributed by atoms with Gasteiger partial charge in [-0.1, -0.05) is 18.2 Å². The van der Waals surface area contributed by atoms with E-state index >= 15 is 0 Å². The molecule has 2 N–H and O–H groups in total. The Balaban J connectivity index is 1.39. The van der Waals surface area contributed by atoms with E-state index in [-0.39, 0.29) is 48.3 Å². The van der Waals surface area contributed by atoms with Gasteiger partial charge in [0.1, 0.15) is 27.8 Å². The van der Waals surface area contributed by atoms with E-state index in [4.69, 9.17) is 14.5 Å². The zero-order valence-electron chi connectivity index (χ0n) is 21.9. The fourth-order valence-corrected chi connectivity index (χ4v) is 5.69. The smallest absolute Gasteiger partial charge is 0.387 e. The van der Waals surface area contributed by atoms with E-state index in [1.165, 1.54) is 17.4 Å². The summed E-state index contributed by atoms with van der Waals surface area (Å²) in [5, 5.41) is 7.71. The van der Waals surface area contributed by atoms with Gasteiger partial charge in [-0.05, 0) is 51.0 Å². The molecule has 0 unspecified atom stereocenters. The fourth-order valence-electron chi connectivity index (χ4n) is 4.72. The van der Waals surface area contributed by atoms with Crippen molar-refractivity contribution in [2.45, 2.75) is 44.9 Å². The van der Waals surface area contributed by atoms with E-state index in [9.17, 15) is 18.4 Å². The van der Waals surface area contributed by atoms with Crippen molar-refractivity contribution < 1.29 is 32.6 Å². The summed E-state index contributed by atoms with van der Waals surface area (Å²) in [6, 6.07) is 10.1. The van der Waals surface area contributed by atoms with Gasteiger partial charge in [0.15, 0.2) is 0 Å². The van der Waals surface area contributed by atoms with Crippen molar-refractivity contribution in [3.8, 4) is 5.75 Å². The second-order valence-electron chi connectivity index (χ2n) is 10.1. The van der Waals surface area contributed by atoms with Gasteiger partial charge >= 0.3 is 6.61 Å². The molecule has 0 aliphatic carbocycles. The number of alkyl halides is 2. The molecule has 40 heavy (non-hydrogen) atoms. The zero-order chi connectivity index (χ0) is 28.5. The number of nitrogens with one attached hydrogen (secondary N) is 2. The first kappa shape index (κ1) is 27.6. The topological polar surface area (TPSA) is 124 Å². The molecule has 1 fully saturated rings. The normalized spacial score (nSPS) is 21.6. The van der Waals surface area contributed by atoms with Gasteiger partial charge in [0.05, 0.1) is 25.0 Å². The first-order valence-electron chi connectivity index (χ1n) is 12.5. The van der Waals surface area contributed by atoms with Crippen LogP contribution in [-0.2, 0) is 15.0 Å². The van der Waals surface area contributed by atoms with Crippen LogP contribution in [0.15, 0.2) is 53.0 Å². The Labute approximate surface area is 232 Å². The minimum Gasteiger partial charge on any atom is -0.465 e. The monoisotopic (exact) mass is 571 g/mol. The lowest BCUT2D eigenvalue weighted by atomic mass is 9.76. The minimum atomic E-state index is -2.99. The summed E-state index contributed by atoms with van der Waals surface area (Å²) in [5.41, 5.74) is -0.480. The van der Waals surface area contributed by atoms with Crippen LogP contribution in [0.25, 0.3) is 0 Å². The predicted octanol–water partition coefficient (Wildman–Crippen LogP) is 4.53. The molecular weight excluding hydrogens is 544 g/mol. The number of pyridine rings is 1. The van der Waals surface area contributed by atoms with Crippen molar-refractivity contribution in [1.82, 2.24) is 15.3 Å². The molecule has 3 aromatic rings. The van der Waals surface area contributed by atoms with Crippen molar-refractivity contribution >= 4 is 35.0 Å². The fraction of sp³-hybridized carbons (Fsp3) is 0.370. The molecule has 0 saturated carbocycles. The van der Waals surface area contributed by atoms with E-state index in [1.54, 1.807) is 36.6 Å². The molecule has 2 amide bonds. The van der Waals surface area contributed by atoms with Crippen LogP contribution in [0.4, 0.5) is 14.6 Å². The number of aromatic nitrogens is 2. The number of fused-ring (bicyclic) bond motifs is 1. The van der Waals surface area contributed by atoms with Crippen molar-refractivity contribution in [3.63, 3.8) is 0 Å². The molecule has 2 aliphatic heterocycles. The summed E-state index contributed by atoms with van der Waals surface area (Å²) in [5.74, 6) is -0.884. The van der Waals surface area contributed by atoms with Gasteiger partial charge in [-0.25, -0.2) is 15.0 Å².